The van der Waals surface area contributed by atoms with E-state index < -0.39 is 29.0 Å². The Labute approximate surface area is 239 Å². The number of hydrogen-bond acceptors (Lipinski definition) is 7. The highest BCUT2D eigenvalue weighted by Gasteiger charge is 2.27. The number of aromatic nitrogens is 1. The van der Waals surface area contributed by atoms with E-state index >= 15 is 0 Å². The van der Waals surface area contributed by atoms with E-state index in [1.807, 2.05) is 39.0 Å². The molecule has 41 heavy (non-hydrogen) atoms. The number of halogens is 1. The fourth-order valence-corrected chi connectivity index (χ4v) is 4.27. The van der Waals surface area contributed by atoms with E-state index in [2.05, 4.69) is 15.3 Å². The predicted octanol–water partition coefficient (Wildman–Crippen LogP) is 5.52. The molecule has 0 saturated carbocycles. The van der Waals surface area contributed by atoms with Gasteiger partial charge in [0.2, 0.25) is 0 Å². The maximum atomic E-state index is 14.0. The van der Waals surface area contributed by atoms with Gasteiger partial charge in [-0.1, -0.05) is 12.1 Å². The number of benzene rings is 2. The number of anilines is 2. The minimum Gasteiger partial charge on any atom is -0.444 e. The van der Waals surface area contributed by atoms with E-state index in [1.54, 1.807) is 31.7 Å². The van der Waals surface area contributed by atoms with Gasteiger partial charge in [0.15, 0.2) is 0 Å². The summed E-state index contributed by atoms with van der Waals surface area (Å²) in [6.45, 7) is 13.0. The Bertz CT molecular complexity index is 1440. The zero-order valence-electron chi connectivity index (χ0n) is 24.2. The van der Waals surface area contributed by atoms with Crippen molar-refractivity contribution in [3.8, 4) is 0 Å². The molecule has 0 atom stereocenters. The summed E-state index contributed by atoms with van der Waals surface area (Å²) in [5.41, 5.74) is 3.02. The molecule has 0 unspecified atom stereocenters. The molecule has 10 nitrogen and oxygen atoms in total. The summed E-state index contributed by atoms with van der Waals surface area (Å²) in [7, 11) is 0. The van der Waals surface area contributed by atoms with Gasteiger partial charge >= 0.3 is 12.2 Å². The number of amides is 3. The molecular weight excluding hydrogens is 529 g/mol. The van der Waals surface area contributed by atoms with Crippen molar-refractivity contribution < 1.29 is 28.2 Å². The molecule has 4 rings (SSSR count). The first-order chi connectivity index (χ1) is 19.2. The highest BCUT2D eigenvalue weighted by atomic mass is 19.1. The number of rotatable bonds is 3. The van der Waals surface area contributed by atoms with E-state index in [9.17, 15) is 18.8 Å². The van der Waals surface area contributed by atoms with Crippen LogP contribution in [0.25, 0.3) is 10.9 Å². The smallest absolute Gasteiger partial charge is 0.427 e. The molecule has 0 radical (unpaired) electrons. The molecule has 0 spiro atoms. The molecule has 11 heteroatoms. The van der Waals surface area contributed by atoms with Crippen molar-refractivity contribution in [3.63, 3.8) is 0 Å². The van der Waals surface area contributed by atoms with E-state index in [1.165, 1.54) is 24.4 Å². The van der Waals surface area contributed by atoms with Crippen LogP contribution in [0.3, 0.4) is 0 Å². The van der Waals surface area contributed by atoms with Crippen LogP contribution in [-0.2, 0) is 9.47 Å². The monoisotopic (exact) mass is 565 g/mol. The van der Waals surface area contributed by atoms with Crippen molar-refractivity contribution in [2.24, 2.45) is 0 Å². The Morgan fingerprint density at radius 1 is 0.902 bits per heavy atom. The van der Waals surface area contributed by atoms with Gasteiger partial charge in [0, 0.05) is 43.4 Å². The molecule has 1 fully saturated rings. The summed E-state index contributed by atoms with van der Waals surface area (Å²) in [6.07, 6.45) is 0.237. The third kappa shape index (κ3) is 7.84. The van der Waals surface area contributed by atoms with Crippen LogP contribution in [0.4, 0.5) is 25.4 Å². The van der Waals surface area contributed by atoms with Crippen LogP contribution < -0.4 is 15.3 Å². The number of ether oxygens (including phenoxy) is 2. The molecule has 2 heterocycles. The lowest BCUT2D eigenvalue weighted by atomic mass is 10.1. The maximum Gasteiger partial charge on any atom is 0.427 e. The molecule has 0 aliphatic carbocycles. The van der Waals surface area contributed by atoms with Crippen molar-refractivity contribution in [1.82, 2.24) is 15.3 Å². The van der Waals surface area contributed by atoms with Gasteiger partial charge in [-0.3, -0.25) is 9.78 Å². The van der Waals surface area contributed by atoms with Crippen molar-refractivity contribution in [1.29, 1.82) is 0 Å². The van der Waals surface area contributed by atoms with Gasteiger partial charge in [-0.25, -0.2) is 24.4 Å². The third-order valence-corrected chi connectivity index (χ3v) is 6.08. The van der Waals surface area contributed by atoms with Gasteiger partial charge in [0.1, 0.15) is 17.0 Å². The Hall–Kier alpha value is -4.41. The zero-order chi connectivity index (χ0) is 29.9. The summed E-state index contributed by atoms with van der Waals surface area (Å²) in [5, 5.41) is 1.65. The lowest BCUT2D eigenvalue weighted by Gasteiger charge is -2.36. The molecule has 3 amide bonds. The first kappa shape index (κ1) is 29.6. The van der Waals surface area contributed by atoms with Gasteiger partial charge in [0.25, 0.3) is 5.91 Å². The van der Waals surface area contributed by atoms with Gasteiger partial charge < -0.3 is 19.3 Å². The lowest BCUT2D eigenvalue weighted by molar-refractivity contribution is 0.0240. The second-order valence-electron chi connectivity index (χ2n) is 11.8. The highest BCUT2D eigenvalue weighted by Crippen LogP contribution is 2.25. The molecular formula is C30H36FN5O5. The fraction of sp³-hybridized carbons (Fsp3) is 0.400. The topological polar surface area (TPSA) is 104 Å². The van der Waals surface area contributed by atoms with Crippen molar-refractivity contribution >= 4 is 40.4 Å². The molecule has 218 valence electrons. The van der Waals surface area contributed by atoms with Crippen LogP contribution in [-0.4, -0.2) is 65.4 Å². The maximum absolute atomic E-state index is 14.0. The highest BCUT2D eigenvalue weighted by molar-refractivity contribution is 6.08. The van der Waals surface area contributed by atoms with E-state index in [4.69, 9.17) is 9.47 Å². The molecule has 3 aromatic rings. The van der Waals surface area contributed by atoms with Crippen LogP contribution in [0, 0.1) is 5.82 Å². The van der Waals surface area contributed by atoms with Gasteiger partial charge in [-0.2, -0.15) is 0 Å². The van der Waals surface area contributed by atoms with Crippen LogP contribution in [0.15, 0.2) is 54.7 Å². The number of carbonyl (C=O) groups is 3. The Morgan fingerprint density at radius 2 is 1.59 bits per heavy atom. The molecule has 1 aliphatic heterocycles. The molecule has 1 aliphatic rings. The van der Waals surface area contributed by atoms with Gasteiger partial charge in [0.05, 0.1) is 16.8 Å². The Balaban J connectivity index is 1.51. The summed E-state index contributed by atoms with van der Waals surface area (Å²) in [5.74, 6) is -1.18. The number of nitrogens with one attached hydrogen (secondary N) is 1. The second-order valence-corrected chi connectivity index (χ2v) is 11.8. The molecule has 1 N–H and O–H groups in total. The Morgan fingerprint density at radius 3 is 2.22 bits per heavy atom. The second kappa shape index (κ2) is 11.6. The summed E-state index contributed by atoms with van der Waals surface area (Å²) >= 11 is 0. The summed E-state index contributed by atoms with van der Waals surface area (Å²) < 4.78 is 24.8. The Kier molecular flexibility index (Phi) is 8.37. The van der Waals surface area contributed by atoms with E-state index in [0.29, 0.717) is 37.1 Å². The quantitative estimate of drug-likeness (QED) is 0.417. The van der Waals surface area contributed by atoms with Crippen molar-refractivity contribution in [2.45, 2.75) is 52.7 Å². The van der Waals surface area contributed by atoms with Crippen molar-refractivity contribution in [2.75, 3.05) is 36.1 Å². The fourth-order valence-electron chi connectivity index (χ4n) is 4.27. The number of fused-ring (bicyclic) bond motifs is 1. The van der Waals surface area contributed by atoms with Crippen LogP contribution in [0.1, 0.15) is 51.9 Å². The number of carbonyl (C=O) groups excluding carboxylic acids is 3. The predicted molar refractivity (Wildman–Crippen MR) is 154 cm³/mol. The number of hydrogen-bond donors (Lipinski definition) is 1. The SMILES string of the molecule is CC(C)(C)OC(=O)NN(C(=O)c1cnc2cc(N3CCN(C(=O)OC(C)(C)C)CC3)ccc2c1)c1cccc(F)c1. The normalized spacial score (nSPS) is 14.0. The van der Waals surface area contributed by atoms with E-state index in [-0.39, 0.29) is 17.3 Å². The van der Waals surface area contributed by atoms with E-state index in [0.717, 1.165) is 16.8 Å². The van der Waals surface area contributed by atoms with Crippen LogP contribution in [0.2, 0.25) is 0 Å². The number of piperazine rings is 1. The minimum absolute atomic E-state index is 0.127. The lowest BCUT2D eigenvalue weighted by Crippen LogP contribution is -2.50. The molecule has 1 saturated heterocycles. The largest absolute Gasteiger partial charge is 0.444 e. The third-order valence-electron chi connectivity index (χ3n) is 6.08. The molecule has 2 aromatic carbocycles. The number of pyridine rings is 1. The summed E-state index contributed by atoms with van der Waals surface area (Å²) in [4.78, 5) is 46.8. The first-order valence-corrected chi connectivity index (χ1v) is 13.4. The average Bonchev–Trinajstić information content (AvgIpc) is 2.89. The number of nitrogens with zero attached hydrogens (tertiary/aromatic N) is 4. The van der Waals surface area contributed by atoms with Gasteiger partial charge in [-0.05, 0) is 77.9 Å². The minimum atomic E-state index is -0.861. The van der Waals surface area contributed by atoms with Crippen LogP contribution in [0.5, 0.6) is 0 Å². The van der Waals surface area contributed by atoms with Gasteiger partial charge in [-0.15, -0.1) is 0 Å². The molecule has 1 aromatic heterocycles. The zero-order valence-corrected chi connectivity index (χ0v) is 24.2. The van der Waals surface area contributed by atoms with Crippen molar-refractivity contribution in [3.05, 3.63) is 66.1 Å². The summed E-state index contributed by atoms with van der Waals surface area (Å²) in [6, 6.07) is 12.7. The standard InChI is InChI=1S/C30H36FN5O5/c1-29(2,3)40-27(38)33-36(24-9-7-8-22(31)17-24)26(37)21-16-20-10-11-23(18-25(20)32-19-21)34-12-14-35(15-13-34)28(39)41-30(4,5)6/h7-11,16-19H,12-15H2,1-6H3,(H,33,38). The van der Waals surface area contributed by atoms with Crippen LogP contribution >= 0.6 is 0 Å². The molecule has 0 bridgehead atoms. The average molecular weight is 566 g/mol. The number of hydrazine groups is 1. The first-order valence-electron chi connectivity index (χ1n) is 13.4.